The number of carboxylic acid groups (broad SMARTS) is 1. The lowest BCUT2D eigenvalue weighted by Crippen LogP contribution is -2.27. The van der Waals surface area contributed by atoms with Crippen LogP contribution in [-0.2, 0) is 9.59 Å². The van der Waals surface area contributed by atoms with E-state index in [4.69, 9.17) is 9.84 Å². The van der Waals surface area contributed by atoms with Crippen molar-refractivity contribution in [3.05, 3.63) is 28.2 Å². The van der Waals surface area contributed by atoms with Crippen LogP contribution in [0.15, 0.2) is 22.7 Å². The summed E-state index contributed by atoms with van der Waals surface area (Å²) >= 11 is 3.35. The summed E-state index contributed by atoms with van der Waals surface area (Å²) in [6, 6.07) is 5.28. The number of hydrogen-bond donors (Lipinski definition) is 2. The Morgan fingerprint density at radius 3 is 2.68 bits per heavy atom. The van der Waals surface area contributed by atoms with Crippen LogP contribution in [0.1, 0.15) is 31.4 Å². The zero-order valence-electron chi connectivity index (χ0n) is 10.8. The zero-order chi connectivity index (χ0) is 14.4. The van der Waals surface area contributed by atoms with Crippen LogP contribution < -0.4 is 10.1 Å². The number of carbonyl (C=O) groups is 2. The van der Waals surface area contributed by atoms with Crippen molar-refractivity contribution in [2.24, 2.45) is 0 Å². The molecule has 0 aliphatic heterocycles. The molecular formula is C13H16BrNO4. The van der Waals surface area contributed by atoms with Gasteiger partial charge in [0.05, 0.1) is 19.6 Å². The first kappa shape index (κ1) is 15.5. The summed E-state index contributed by atoms with van der Waals surface area (Å²) in [5, 5.41) is 11.3. The summed E-state index contributed by atoms with van der Waals surface area (Å²) in [7, 11) is 1.56. The van der Waals surface area contributed by atoms with Gasteiger partial charge in [-0.2, -0.15) is 0 Å². The van der Waals surface area contributed by atoms with Gasteiger partial charge in [-0.05, 0) is 19.1 Å². The lowest BCUT2D eigenvalue weighted by molar-refractivity contribution is -0.138. The van der Waals surface area contributed by atoms with Crippen molar-refractivity contribution in [1.82, 2.24) is 5.32 Å². The summed E-state index contributed by atoms with van der Waals surface area (Å²) in [4.78, 5) is 22.0. The number of amides is 1. The Bertz CT molecular complexity index is 476. The molecule has 0 fully saturated rings. The molecule has 0 saturated heterocycles. The number of carboxylic acids is 1. The fraction of sp³-hybridized carbons (Fsp3) is 0.385. The predicted octanol–water partition coefficient (Wildman–Crippen LogP) is 2.50. The third-order valence-corrected chi connectivity index (χ3v) is 3.10. The van der Waals surface area contributed by atoms with Crippen LogP contribution in [0.4, 0.5) is 0 Å². The van der Waals surface area contributed by atoms with Gasteiger partial charge in [0.15, 0.2) is 0 Å². The fourth-order valence-corrected chi connectivity index (χ4v) is 1.99. The second-order valence-electron chi connectivity index (χ2n) is 4.07. The highest BCUT2D eigenvalue weighted by atomic mass is 79.9. The maximum absolute atomic E-state index is 11.6. The molecule has 0 heterocycles. The molecule has 19 heavy (non-hydrogen) atoms. The van der Waals surface area contributed by atoms with Gasteiger partial charge in [0.2, 0.25) is 5.91 Å². The molecule has 6 heteroatoms. The summed E-state index contributed by atoms with van der Waals surface area (Å²) < 4.78 is 6.14. The van der Waals surface area contributed by atoms with Crippen LogP contribution in [0.3, 0.4) is 0 Å². The first-order valence-electron chi connectivity index (χ1n) is 5.78. The van der Waals surface area contributed by atoms with Gasteiger partial charge < -0.3 is 15.2 Å². The topological polar surface area (TPSA) is 75.6 Å². The molecule has 0 aromatic heterocycles. The quantitative estimate of drug-likeness (QED) is 0.840. The minimum atomic E-state index is -0.982. The summed E-state index contributed by atoms with van der Waals surface area (Å²) in [5.41, 5.74) is 0.842. The number of methoxy groups -OCH3 is 1. The van der Waals surface area contributed by atoms with E-state index in [0.717, 1.165) is 10.0 Å². The van der Waals surface area contributed by atoms with Crippen LogP contribution in [0.25, 0.3) is 0 Å². The average Bonchev–Trinajstić information content (AvgIpc) is 2.35. The number of rotatable bonds is 6. The Balaban J connectivity index is 2.69. The highest BCUT2D eigenvalue weighted by Gasteiger charge is 2.14. The zero-order valence-corrected chi connectivity index (χ0v) is 12.4. The van der Waals surface area contributed by atoms with Crippen molar-refractivity contribution in [1.29, 1.82) is 0 Å². The first-order valence-corrected chi connectivity index (χ1v) is 6.58. The van der Waals surface area contributed by atoms with E-state index in [1.807, 2.05) is 25.1 Å². The van der Waals surface area contributed by atoms with Crippen molar-refractivity contribution in [2.45, 2.75) is 25.8 Å². The van der Waals surface area contributed by atoms with E-state index in [2.05, 4.69) is 21.2 Å². The number of halogens is 1. The minimum Gasteiger partial charge on any atom is -0.496 e. The van der Waals surface area contributed by atoms with E-state index in [0.29, 0.717) is 5.75 Å². The van der Waals surface area contributed by atoms with E-state index >= 15 is 0 Å². The maximum Gasteiger partial charge on any atom is 0.303 e. The largest absolute Gasteiger partial charge is 0.496 e. The third kappa shape index (κ3) is 4.90. The van der Waals surface area contributed by atoms with E-state index < -0.39 is 5.97 Å². The Kier molecular flexibility index (Phi) is 5.82. The van der Waals surface area contributed by atoms with E-state index in [1.54, 1.807) is 7.11 Å². The van der Waals surface area contributed by atoms with Crippen molar-refractivity contribution in [3.8, 4) is 5.75 Å². The van der Waals surface area contributed by atoms with Crippen molar-refractivity contribution in [2.75, 3.05) is 7.11 Å². The second-order valence-corrected chi connectivity index (χ2v) is 4.98. The number of aliphatic carboxylic acids is 1. The summed E-state index contributed by atoms with van der Waals surface area (Å²) in [6.45, 7) is 1.82. The van der Waals surface area contributed by atoms with Crippen molar-refractivity contribution < 1.29 is 19.4 Å². The van der Waals surface area contributed by atoms with Gasteiger partial charge in [0.1, 0.15) is 5.75 Å². The van der Waals surface area contributed by atoms with Gasteiger partial charge >= 0.3 is 5.97 Å². The smallest absolute Gasteiger partial charge is 0.303 e. The number of ether oxygens (including phenoxy) is 1. The summed E-state index contributed by atoms with van der Waals surface area (Å²) in [5.74, 6) is -0.607. The SMILES string of the molecule is COc1cc(Br)ccc1C(C)NC(=O)CCC(=O)O. The van der Waals surface area contributed by atoms with Gasteiger partial charge in [-0.3, -0.25) is 9.59 Å². The van der Waals surface area contributed by atoms with Gasteiger partial charge in [0, 0.05) is 16.5 Å². The number of benzene rings is 1. The van der Waals surface area contributed by atoms with E-state index in [-0.39, 0.29) is 24.8 Å². The normalized spacial score (nSPS) is 11.7. The van der Waals surface area contributed by atoms with Gasteiger partial charge in [-0.15, -0.1) is 0 Å². The number of nitrogens with one attached hydrogen (secondary N) is 1. The minimum absolute atomic E-state index is 0.0292. The Labute approximate surface area is 120 Å². The number of hydrogen-bond acceptors (Lipinski definition) is 3. The molecule has 1 aromatic carbocycles. The van der Waals surface area contributed by atoms with Crippen LogP contribution >= 0.6 is 15.9 Å². The molecule has 104 valence electrons. The molecule has 1 atom stereocenters. The Hall–Kier alpha value is -1.56. The molecule has 1 unspecified atom stereocenters. The van der Waals surface area contributed by atoms with Crippen LogP contribution in [0.5, 0.6) is 5.75 Å². The van der Waals surface area contributed by atoms with Crippen LogP contribution in [0.2, 0.25) is 0 Å². The van der Waals surface area contributed by atoms with Crippen LogP contribution in [0, 0.1) is 0 Å². The Morgan fingerprint density at radius 2 is 2.11 bits per heavy atom. The number of carbonyl (C=O) groups excluding carboxylic acids is 1. The maximum atomic E-state index is 11.6. The molecule has 1 rings (SSSR count). The third-order valence-electron chi connectivity index (χ3n) is 2.61. The molecule has 0 saturated carbocycles. The molecule has 0 aliphatic carbocycles. The second kappa shape index (κ2) is 7.13. The monoisotopic (exact) mass is 329 g/mol. The molecule has 1 amide bonds. The Morgan fingerprint density at radius 1 is 1.42 bits per heavy atom. The van der Waals surface area contributed by atoms with E-state index in [9.17, 15) is 9.59 Å². The van der Waals surface area contributed by atoms with Gasteiger partial charge in [-0.25, -0.2) is 0 Å². The van der Waals surface area contributed by atoms with Crippen molar-refractivity contribution in [3.63, 3.8) is 0 Å². The van der Waals surface area contributed by atoms with Gasteiger partial charge in [-0.1, -0.05) is 22.0 Å². The molecule has 2 N–H and O–H groups in total. The highest BCUT2D eigenvalue weighted by molar-refractivity contribution is 9.10. The predicted molar refractivity (Wildman–Crippen MR) is 74.1 cm³/mol. The molecule has 5 nitrogen and oxygen atoms in total. The first-order chi connectivity index (χ1) is 8.93. The molecule has 1 aromatic rings. The molecular weight excluding hydrogens is 314 g/mol. The highest BCUT2D eigenvalue weighted by Crippen LogP contribution is 2.28. The average molecular weight is 330 g/mol. The molecule has 0 radical (unpaired) electrons. The summed E-state index contributed by atoms with van der Waals surface area (Å²) in [6.07, 6.45) is -0.200. The lowest BCUT2D eigenvalue weighted by Gasteiger charge is -2.17. The van der Waals surface area contributed by atoms with Gasteiger partial charge in [0.25, 0.3) is 0 Å². The lowest BCUT2D eigenvalue weighted by atomic mass is 10.1. The standard InChI is InChI=1S/C13H16BrNO4/c1-8(15-12(16)5-6-13(17)18)10-4-3-9(14)7-11(10)19-2/h3-4,7-8H,5-6H2,1-2H3,(H,15,16)(H,17,18). The molecule has 0 bridgehead atoms. The van der Waals surface area contributed by atoms with E-state index in [1.165, 1.54) is 0 Å². The van der Waals surface area contributed by atoms with Crippen molar-refractivity contribution >= 4 is 27.8 Å². The fourth-order valence-electron chi connectivity index (χ4n) is 1.65. The molecule has 0 spiro atoms. The molecule has 0 aliphatic rings. The van der Waals surface area contributed by atoms with Crippen LogP contribution in [-0.4, -0.2) is 24.1 Å².